The van der Waals surface area contributed by atoms with Gasteiger partial charge < -0.3 is 5.73 Å². The molecule has 0 aliphatic heterocycles. The zero-order chi connectivity index (χ0) is 10.2. The molecule has 0 saturated heterocycles. The van der Waals surface area contributed by atoms with Gasteiger partial charge in [-0.15, -0.1) is 0 Å². The van der Waals surface area contributed by atoms with Gasteiger partial charge >= 0.3 is 0 Å². The Bertz CT molecular complexity index is 421. The number of hydrogen-bond donors (Lipinski definition) is 1. The second kappa shape index (κ2) is 3.33. The molecular formula is C9H12N2O2S. The second-order valence-corrected chi connectivity index (χ2v) is 5.63. The summed E-state index contributed by atoms with van der Waals surface area (Å²) in [6.45, 7) is 0.386. The number of rotatable bonds is 3. The van der Waals surface area contributed by atoms with Crippen LogP contribution in [-0.4, -0.2) is 18.7 Å². The van der Waals surface area contributed by atoms with Crippen LogP contribution in [-0.2, 0) is 16.4 Å². The number of hydrogen-bond acceptors (Lipinski definition) is 4. The normalized spacial score (nSPS) is 16.9. The lowest BCUT2D eigenvalue weighted by atomic mass is 10.3. The Morgan fingerprint density at radius 3 is 2.57 bits per heavy atom. The van der Waals surface area contributed by atoms with Gasteiger partial charge in [0, 0.05) is 12.7 Å². The molecule has 14 heavy (non-hydrogen) atoms. The number of sulfone groups is 1. The van der Waals surface area contributed by atoms with Crippen molar-refractivity contribution in [2.45, 2.75) is 29.7 Å². The van der Waals surface area contributed by atoms with E-state index in [9.17, 15) is 8.42 Å². The Morgan fingerprint density at radius 2 is 2.14 bits per heavy atom. The highest BCUT2D eigenvalue weighted by Crippen LogP contribution is 2.32. The summed E-state index contributed by atoms with van der Waals surface area (Å²) in [7, 11) is -3.14. The van der Waals surface area contributed by atoms with Crippen molar-refractivity contribution >= 4 is 9.84 Å². The van der Waals surface area contributed by atoms with Gasteiger partial charge in [0.15, 0.2) is 14.9 Å². The van der Waals surface area contributed by atoms with Gasteiger partial charge in [-0.3, -0.25) is 0 Å². The van der Waals surface area contributed by atoms with Gasteiger partial charge in [-0.1, -0.05) is 6.07 Å². The van der Waals surface area contributed by atoms with Crippen LogP contribution < -0.4 is 5.73 Å². The van der Waals surface area contributed by atoms with Gasteiger partial charge in [-0.05, 0) is 24.5 Å². The molecule has 0 aromatic carbocycles. The standard InChI is InChI=1S/C9H12N2O2S/c10-5-7-1-4-9(11-6-7)14(12,13)8-2-3-8/h1,4,6,8H,2-3,5,10H2. The molecule has 1 fully saturated rings. The predicted molar refractivity (Wildman–Crippen MR) is 52.3 cm³/mol. The highest BCUT2D eigenvalue weighted by molar-refractivity contribution is 7.92. The molecule has 5 heteroatoms. The van der Waals surface area contributed by atoms with E-state index in [0.29, 0.717) is 6.54 Å². The first kappa shape index (κ1) is 9.61. The molecule has 76 valence electrons. The molecule has 0 amide bonds. The summed E-state index contributed by atoms with van der Waals surface area (Å²) in [4.78, 5) is 3.91. The monoisotopic (exact) mass is 212 g/mol. The van der Waals surface area contributed by atoms with Crippen molar-refractivity contribution in [2.75, 3.05) is 0 Å². The topological polar surface area (TPSA) is 73.1 Å². The van der Waals surface area contributed by atoms with Gasteiger partial charge in [-0.2, -0.15) is 0 Å². The first-order valence-electron chi connectivity index (χ1n) is 4.53. The molecule has 0 radical (unpaired) electrons. The van der Waals surface area contributed by atoms with Crippen molar-refractivity contribution in [3.63, 3.8) is 0 Å². The van der Waals surface area contributed by atoms with Crippen molar-refractivity contribution < 1.29 is 8.42 Å². The molecule has 1 saturated carbocycles. The number of aromatic nitrogens is 1. The number of nitrogens with zero attached hydrogens (tertiary/aromatic N) is 1. The molecule has 1 aromatic heterocycles. The Labute approximate surface area is 83.1 Å². The Hall–Kier alpha value is -0.940. The van der Waals surface area contributed by atoms with Crippen molar-refractivity contribution in [3.8, 4) is 0 Å². The average Bonchev–Trinajstić information content (AvgIpc) is 3.01. The molecule has 0 spiro atoms. The summed E-state index contributed by atoms with van der Waals surface area (Å²) in [5, 5.41) is -0.0177. The SMILES string of the molecule is NCc1ccc(S(=O)(=O)C2CC2)nc1. The third-order valence-corrected chi connectivity index (χ3v) is 4.46. The van der Waals surface area contributed by atoms with E-state index in [0.717, 1.165) is 18.4 Å². The van der Waals surface area contributed by atoms with Crippen LogP contribution in [0.1, 0.15) is 18.4 Å². The van der Waals surface area contributed by atoms with Crippen LogP contribution in [0.2, 0.25) is 0 Å². The van der Waals surface area contributed by atoms with Gasteiger partial charge in [0.25, 0.3) is 0 Å². The molecule has 4 nitrogen and oxygen atoms in total. The van der Waals surface area contributed by atoms with E-state index >= 15 is 0 Å². The minimum atomic E-state index is -3.14. The molecule has 0 atom stereocenters. The van der Waals surface area contributed by atoms with Crippen molar-refractivity contribution in [1.29, 1.82) is 0 Å². The summed E-state index contributed by atoms with van der Waals surface area (Å²) >= 11 is 0. The second-order valence-electron chi connectivity index (χ2n) is 3.45. The first-order valence-corrected chi connectivity index (χ1v) is 6.08. The zero-order valence-corrected chi connectivity index (χ0v) is 8.50. The highest BCUT2D eigenvalue weighted by atomic mass is 32.2. The fourth-order valence-electron chi connectivity index (χ4n) is 1.25. The maximum absolute atomic E-state index is 11.7. The Morgan fingerprint density at radius 1 is 1.43 bits per heavy atom. The van der Waals surface area contributed by atoms with Crippen LogP contribution in [0.4, 0.5) is 0 Å². The third-order valence-electron chi connectivity index (χ3n) is 2.29. The van der Waals surface area contributed by atoms with E-state index in [1.54, 1.807) is 6.07 Å². The molecular weight excluding hydrogens is 200 g/mol. The fourth-order valence-corrected chi connectivity index (χ4v) is 2.80. The predicted octanol–water partition coefficient (Wildman–Crippen LogP) is 0.476. The quantitative estimate of drug-likeness (QED) is 0.790. The summed E-state index contributed by atoms with van der Waals surface area (Å²) in [6.07, 6.45) is 3.06. The van der Waals surface area contributed by atoms with Crippen LogP contribution in [0.5, 0.6) is 0 Å². The van der Waals surface area contributed by atoms with E-state index in [4.69, 9.17) is 5.73 Å². The maximum Gasteiger partial charge on any atom is 0.198 e. The first-order chi connectivity index (χ1) is 6.64. The minimum absolute atomic E-state index is 0.178. The van der Waals surface area contributed by atoms with Crippen molar-refractivity contribution in [3.05, 3.63) is 23.9 Å². The van der Waals surface area contributed by atoms with Crippen LogP contribution >= 0.6 is 0 Å². The largest absolute Gasteiger partial charge is 0.326 e. The molecule has 1 aliphatic rings. The lowest BCUT2D eigenvalue weighted by Gasteiger charge is -2.01. The number of pyridine rings is 1. The van der Waals surface area contributed by atoms with Crippen LogP contribution in [0.3, 0.4) is 0 Å². The lowest BCUT2D eigenvalue weighted by molar-refractivity contribution is 0.591. The van der Waals surface area contributed by atoms with Gasteiger partial charge in [0.1, 0.15) is 0 Å². The molecule has 1 heterocycles. The molecule has 0 bridgehead atoms. The van der Waals surface area contributed by atoms with Crippen molar-refractivity contribution in [1.82, 2.24) is 4.98 Å². The zero-order valence-electron chi connectivity index (χ0n) is 7.68. The summed E-state index contributed by atoms with van der Waals surface area (Å²) < 4.78 is 23.4. The lowest BCUT2D eigenvalue weighted by Crippen LogP contribution is -2.09. The number of nitrogens with two attached hydrogens (primary N) is 1. The Balaban J connectivity index is 2.33. The summed E-state index contributed by atoms with van der Waals surface area (Å²) in [6, 6.07) is 3.25. The van der Waals surface area contributed by atoms with E-state index in [2.05, 4.69) is 4.98 Å². The van der Waals surface area contributed by atoms with E-state index in [1.807, 2.05) is 0 Å². The van der Waals surface area contributed by atoms with Gasteiger partial charge in [0.05, 0.1) is 5.25 Å². The van der Waals surface area contributed by atoms with Gasteiger partial charge in [-0.25, -0.2) is 13.4 Å². The Kier molecular flexibility index (Phi) is 2.28. The average molecular weight is 212 g/mol. The molecule has 2 N–H and O–H groups in total. The van der Waals surface area contributed by atoms with Crippen LogP contribution in [0.15, 0.2) is 23.4 Å². The molecule has 1 aliphatic carbocycles. The van der Waals surface area contributed by atoms with E-state index < -0.39 is 9.84 Å². The summed E-state index contributed by atoms with van der Waals surface area (Å²) in [5.74, 6) is 0. The molecule has 1 aromatic rings. The minimum Gasteiger partial charge on any atom is -0.326 e. The molecule has 0 unspecified atom stereocenters. The molecule has 2 rings (SSSR count). The highest BCUT2D eigenvalue weighted by Gasteiger charge is 2.37. The van der Waals surface area contributed by atoms with E-state index in [1.165, 1.54) is 12.3 Å². The van der Waals surface area contributed by atoms with Crippen molar-refractivity contribution in [2.24, 2.45) is 5.73 Å². The maximum atomic E-state index is 11.7. The van der Waals surface area contributed by atoms with Gasteiger partial charge in [0.2, 0.25) is 0 Å². The van der Waals surface area contributed by atoms with Crippen LogP contribution in [0, 0.1) is 0 Å². The summed E-state index contributed by atoms with van der Waals surface area (Å²) in [5.41, 5.74) is 6.24. The van der Waals surface area contributed by atoms with Crippen LogP contribution in [0.25, 0.3) is 0 Å². The van der Waals surface area contributed by atoms with E-state index in [-0.39, 0.29) is 10.3 Å². The third kappa shape index (κ3) is 1.65. The smallest absolute Gasteiger partial charge is 0.198 e. The fraction of sp³-hybridized carbons (Fsp3) is 0.444.